The van der Waals surface area contributed by atoms with Gasteiger partial charge in [-0.2, -0.15) is 0 Å². The number of methoxy groups -OCH3 is 1. The lowest BCUT2D eigenvalue weighted by atomic mass is 10.0. The van der Waals surface area contributed by atoms with E-state index in [1.54, 1.807) is 6.07 Å². The molecule has 5 heteroatoms. The maximum Gasteiger partial charge on any atom is 0.323 e. The fourth-order valence-corrected chi connectivity index (χ4v) is 1.71. The lowest BCUT2D eigenvalue weighted by Gasteiger charge is -2.19. The van der Waals surface area contributed by atoms with Gasteiger partial charge in [0.2, 0.25) is 0 Å². The highest BCUT2D eigenvalue weighted by molar-refractivity contribution is 6.30. The maximum atomic E-state index is 13.2. The Hall–Kier alpha value is -1.13. The number of esters is 1. The summed E-state index contributed by atoms with van der Waals surface area (Å²) < 4.78 is 17.9. The van der Waals surface area contributed by atoms with Crippen molar-refractivity contribution in [1.29, 1.82) is 0 Å². The quantitative estimate of drug-likeness (QED) is 0.839. The van der Waals surface area contributed by atoms with E-state index < -0.39 is 11.9 Å². The summed E-state index contributed by atoms with van der Waals surface area (Å²) >= 11 is 5.60. The third-order valence-corrected chi connectivity index (χ3v) is 2.94. The summed E-state index contributed by atoms with van der Waals surface area (Å²) in [6.45, 7) is 4.21. The molecule has 1 unspecified atom stereocenters. The topological polar surface area (TPSA) is 38.3 Å². The molecule has 0 spiro atoms. The van der Waals surface area contributed by atoms with Crippen LogP contribution < -0.4 is 5.32 Å². The van der Waals surface area contributed by atoms with Crippen LogP contribution in [0.25, 0.3) is 0 Å². The van der Waals surface area contributed by atoms with Gasteiger partial charge in [-0.15, -0.1) is 0 Å². The Bertz CT molecular complexity index is 423. The summed E-state index contributed by atoms with van der Waals surface area (Å²) in [7, 11) is 1.35. The van der Waals surface area contributed by atoms with Crippen LogP contribution in [0.5, 0.6) is 0 Å². The second-order valence-electron chi connectivity index (χ2n) is 4.37. The van der Waals surface area contributed by atoms with Gasteiger partial charge in [0.25, 0.3) is 0 Å². The molecule has 0 aliphatic carbocycles. The molecule has 1 atom stereocenters. The van der Waals surface area contributed by atoms with Gasteiger partial charge >= 0.3 is 5.97 Å². The first kappa shape index (κ1) is 14.9. The van der Waals surface area contributed by atoms with E-state index in [9.17, 15) is 9.18 Å². The van der Waals surface area contributed by atoms with Gasteiger partial charge in [0.05, 0.1) is 12.1 Å². The van der Waals surface area contributed by atoms with Gasteiger partial charge in [-0.05, 0) is 23.6 Å². The molecule has 0 bridgehead atoms. The Labute approximate surface area is 111 Å². The number of rotatable bonds is 5. The van der Waals surface area contributed by atoms with Crippen LogP contribution in [-0.4, -0.2) is 19.1 Å². The lowest BCUT2D eigenvalue weighted by Crippen LogP contribution is -2.41. The van der Waals surface area contributed by atoms with Crippen molar-refractivity contribution in [1.82, 2.24) is 5.32 Å². The van der Waals surface area contributed by atoms with Gasteiger partial charge in [0.15, 0.2) is 0 Å². The summed E-state index contributed by atoms with van der Waals surface area (Å²) in [6, 6.07) is 4.15. The number of carbonyl (C=O) groups excluding carboxylic acids is 1. The molecule has 0 fully saturated rings. The minimum Gasteiger partial charge on any atom is -0.468 e. The summed E-state index contributed by atoms with van der Waals surface area (Å²) in [5.74, 6) is -0.691. The normalized spacial score (nSPS) is 12.6. The SMILES string of the molecule is COC(=O)C(NCc1ccc(Cl)c(F)c1)C(C)C. The fraction of sp³-hybridized carbons (Fsp3) is 0.462. The second-order valence-corrected chi connectivity index (χ2v) is 4.78. The Kier molecular flexibility index (Phi) is 5.56. The van der Waals surface area contributed by atoms with Crippen LogP contribution in [0, 0.1) is 11.7 Å². The van der Waals surface area contributed by atoms with Gasteiger partial charge < -0.3 is 10.1 Å². The van der Waals surface area contributed by atoms with E-state index in [4.69, 9.17) is 16.3 Å². The van der Waals surface area contributed by atoms with Gasteiger partial charge in [-0.1, -0.05) is 31.5 Å². The molecule has 0 saturated heterocycles. The highest BCUT2D eigenvalue weighted by atomic mass is 35.5. The Morgan fingerprint density at radius 2 is 2.17 bits per heavy atom. The first-order chi connectivity index (χ1) is 8.45. The van der Waals surface area contributed by atoms with Crippen LogP contribution >= 0.6 is 11.6 Å². The first-order valence-electron chi connectivity index (χ1n) is 5.70. The smallest absolute Gasteiger partial charge is 0.323 e. The van der Waals surface area contributed by atoms with E-state index in [2.05, 4.69) is 5.32 Å². The Balaban J connectivity index is 2.67. The molecule has 1 aromatic carbocycles. The zero-order valence-electron chi connectivity index (χ0n) is 10.7. The highest BCUT2D eigenvalue weighted by Gasteiger charge is 2.22. The van der Waals surface area contributed by atoms with Crippen LogP contribution in [0.15, 0.2) is 18.2 Å². The number of hydrogen-bond acceptors (Lipinski definition) is 3. The molecule has 1 rings (SSSR count). The monoisotopic (exact) mass is 273 g/mol. The number of ether oxygens (including phenoxy) is 1. The molecular weight excluding hydrogens is 257 g/mol. The molecule has 0 heterocycles. The molecule has 100 valence electrons. The Morgan fingerprint density at radius 3 is 2.67 bits per heavy atom. The van der Waals surface area contributed by atoms with Crippen molar-refractivity contribution >= 4 is 17.6 Å². The number of hydrogen-bond donors (Lipinski definition) is 1. The Morgan fingerprint density at radius 1 is 1.50 bits per heavy atom. The van der Waals surface area contributed by atoms with E-state index in [1.165, 1.54) is 19.2 Å². The predicted molar refractivity (Wildman–Crippen MR) is 68.9 cm³/mol. The third-order valence-electron chi connectivity index (χ3n) is 2.63. The third kappa shape index (κ3) is 3.96. The molecule has 0 aliphatic rings. The predicted octanol–water partition coefficient (Wildman–Crippen LogP) is 2.77. The maximum absolute atomic E-state index is 13.2. The van der Waals surface area contributed by atoms with Gasteiger partial charge in [-0.3, -0.25) is 4.79 Å². The molecule has 0 amide bonds. The van der Waals surface area contributed by atoms with Crippen molar-refractivity contribution in [3.8, 4) is 0 Å². The average Bonchev–Trinajstić information content (AvgIpc) is 2.33. The van der Waals surface area contributed by atoms with Gasteiger partial charge in [0, 0.05) is 6.54 Å². The number of halogens is 2. The van der Waals surface area contributed by atoms with E-state index in [0.29, 0.717) is 6.54 Å². The standard InChI is InChI=1S/C13H17ClFNO2/c1-8(2)12(13(17)18-3)16-7-9-4-5-10(14)11(15)6-9/h4-6,8,12,16H,7H2,1-3H3. The highest BCUT2D eigenvalue weighted by Crippen LogP contribution is 2.16. The minimum absolute atomic E-state index is 0.0899. The summed E-state index contributed by atoms with van der Waals surface area (Å²) in [4.78, 5) is 11.5. The second kappa shape index (κ2) is 6.71. The largest absolute Gasteiger partial charge is 0.468 e. The average molecular weight is 274 g/mol. The van der Waals surface area contributed by atoms with Crippen molar-refractivity contribution < 1.29 is 13.9 Å². The zero-order chi connectivity index (χ0) is 13.7. The first-order valence-corrected chi connectivity index (χ1v) is 6.08. The van der Waals surface area contributed by atoms with Crippen LogP contribution in [0.1, 0.15) is 19.4 Å². The molecule has 18 heavy (non-hydrogen) atoms. The molecule has 3 nitrogen and oxygen atoms in total. The molecule has 0 radical (unpaired) electrons. The van der Waals surface area contributed by atoms with Crippen molar-refractivity contribution in [2.45, 2.75) is 26.4 Å². The van der Waals surface area contributed by atoms with Crippen molar-refractivity contribution in [3.63, 3.8) is 0 Å². The summed E-state index contributed by atoms with van der Waals surface area (Å²) in [6.07, 6.45) is 0. The van der Waals surface area contributed by atoms with Crippen LogP contribution in [0.3, 0.4) is 0 Å². The van der Waals surface area contributed by atoms with E-state index in [-0.39, 0.29) is 16.9 Å². The molecule has 1 aromatic rings. The number of carbonyl (C=O) groups is 1. The molecule has 0 aliphatic heterocycles. The molecular formula is C13H17ClFNO2. The lowest BCUT2D eigenvalue weighted by molar-refractivity contribution is -0.144. The van der Waals surface area contributed by atoms with Crippen molar-refractivity contribution in [3.05, 3.63) is 34.6 Å². The van der Waals surface area contributed by atoms with Crippen molar-refractivity contribution in [2.24, 2.45) is 5.92 Å². The fourth-order valence-electron chi connectivity index (χ4n) is 1.60. The van der Waals surface area contributed by atoms with E-state index in [0.717, 1.165) is 5.56 Å². The van der Waals surface area contributed by atoms with E-state index in [1.807, 2.05) is 13.8 Å². The number of benzene rings is 1. The minimum atomic E-state index is -0.463. The summed E-state index contributed by atoms with van der Waals surface area (Å²) in [5.41, 5.74) is 0.728. The number of nitrogens with one attached hydrogen (secondary N) is 1. The van der Waals surface area contributed by atoms with Gasteiger partial charge in [-0.25, -0.2) is 4.39 Å². The van der Waals surface area contributed by atoms with Crippen LogP contribution in [0.4, 0.5) is 4.39 Å². The zero-order valence-corrected chi connectivity index (χ0v) is 11.4. The van der Waals surface area contributed by atoms with E-state index >= 15 is 0 Å². The van der Waals surface area contributed by atoms with Crippen LogP contribution in [-0.2, 0) is 16.1 Å². The summed E-state index contributed by atoms with van der Waals surface area (Å²) in [5, 5.41) is 3.14. The molecule has 0 saturated carbocycles. The van der Waals surface area contributed by atoms with Crippen LogP contribution in [0.2, 0.25) is 5.02 Å². The molecule has 1 N–H and O–H groups in total. The van der Waals surface area contributed by atoms with Crippen molar-refractivity contribution in [2.75, 3.05) is 7.11 Å². The molecule has 0 aromatic heterocycles. The van der Waals surface area contributed by atoms with Gasteiger partial charge in [0.1, 0.15) is 11.9 Å².